The number of halogens is 6. The molecular weight excluding hydrogens is 389 g/mol. The fourth-order valence-electron chi connectivity index (χ4n) is 0. The Morgan fingerprint density at radius 3 is 0.706 bits per heavy atom. The molecule has 17 heavy (non-hydrogen) atoms. The van der Waals surface area contributed by atoms with E-state index >= 15 is 0 Å². The molecule has 0 aromatic carbocycles. The molecule has 104 valence electrons. The number of hydrogen-bond acceptors (Lipinski definition) is 4. The average molecular weight is 391 g/mol. The standard InChI is InChI=1S/2CHF3O3S.Zr/c2*2-1(3,4)8(5,6)7;/h2*(H,5,6,7);. The summed E-state index contributed by atoms with van der Waals surface area (Å²) >= 11 is 0. The molecule has 0 aromatic heterocycles. The van der Waals surface area contributed by atoms with Gasteiger partial charge in [-0.3, -0.25) is 9.11 Å². The third kappa shape index (κ3) is 9.94. The largest absolute Gasteiger partial charge is 0.522 e. The first kappa shape index (κ1) is 22.5. The van der Waals surface area contributed by atoms with Gasteiger partial charge in [0.25, 0.3) is 0 Å². The first-order valence-corrected chi connectivity index (χ1v) is 5.45. The molecule has 6 nitrogen and oxygen atoms in total. The predicted molar refractivity (Wildman–Crippen MR) is 35.2 cm³/mol. The van der Waals surface area contributed by atoms with Crippen LogP contribution in [0.4, 0.5) is 26.3 Å². The van der Waals surface area contributed by atoms with Crippen molar-refractivity contribution in [1.82, 2.24) is 0 Å². The zero-order chi connectivity index (χ0) is 14.0. The van der Waals surface area contributed by atoms with Gasteiger partial charge in [0.2, 0.25) is 0 Å². The van der Waals surface area contributed by atoms with Gasteiger partial charge in [-0.25, -0.2) is 0 Å². The third-order valence-corrected chi connectivity index (χ3v) is 1.75. The molecule has 0 saturated heterocycles. The molecule has 0 rings (SSSR count). The first-order valence-electron chi connectivity index (χ1n) is 2.57. The van der Waals surface area contributed by atoms with Gasteiger partial charge in [-0.1, -0.05) is 0 Å². The summed E-state index contributed by atoms with van der Waals surface area (Å²) in [4.78, 5) is 0. The molecule has 0 unspecified atom stereocenters. The monoisotopic (exact) mass is 390 g/mol. The van der Waals surface area contributed by atoms with Crippen LogP contribution < -0.4 is 0 Å². The average Bonchev–Trinajstić information content (AvgIpc) is 1.77. The van der Waals surface area contributed by atoms with Gasteiger partial charge in [-0.2, -0.15) is 43.2 Å². The Kier molecular flexibility index (Phi) is 8.52. The van der Waals surface area contributed by atoms with Crippen molar-refractivity contribution in [3.05, 3.63) is 0 Å². The van der Waals surface area contributed by atoms with Crippen LogP contribution in [0, 0.1) is 0 Å². The van der Waals surface area contributed by atoms with Gasteiger partial charge in [0.1, 0.15) is 0 Å². The Morgan fingerprint density at radius 1 is 0.647 bits per heavy atom. The van der Waals surface area contributed by atoms with Crippen molar-refractivity contribution in [2.45, 2.75) is 11.0 Å². The van der Waals surface area contributed by atoms with E-state index in [-0.39, 0.29) is 26.2 Å². The van der Waals surface area contributed by atoms with Crippen LogP contribution in [0.25, 0.3) is 0 Å². The second-order valence-electron chi connectivity index (χ2n) is 1.84. The van der Waals surface area contributed by atoms with Crippen LogP contribution in [0.5, 0.6) is 0 Å². The number of alkyl halides is 6. The van der Waals surface area contributed by atoms with Crippen molar-refractivity contribution in [2.24, 2.45) is 0 Å². The zero-order valence-electron chi connectivity index (χ0n) is 7.11. The quantitative estimate of drug-likeness (QED) is 0.359. The smallest absolute Gasteiger partial charge is 0.279 e. The van der Waals surface area contributed by atoms with Crippen molar-refractivity contribution in [2.75, 3.05) is 0 Å². The SMILES string of the molecule is O=S(=O)(O)C(F)(F)F.O=S(=O)(O)C(F)(F)F.[Zr]. The number of rotatable bonds is 0. The van der Waals surface area contributed by atoms with Crippen LogP contribution in [-0.4, -0.2) is 37.0 Å². The normalized spacial score (nSPS) is 13.2. The topological polar surface area (TPSA) is 109 Å². The zero-order valence-corrected chi connectivity index (χ0v) is 11.2. The van der Waals surface area contributed by atoms with Crippen LogP contribution in [0.2, 0.25) is 0 Å². The second kappa shape index (κ2) is 6.45. The first-order chi connectivity index (χ1) is 6.50. The van der Waals surface area contributed by atoms with Crippen LogP contribution >= 0.6 is 0 Å². The van der Waals surface area contributed by atoms with Crippen LogP contribution in [0.15, 0.2) is 0 Å². The Bertz CT molecular complexity index is 374. The van der Waals surface area contributed by atoms with E-state index in [1.54, 1.807) is 0 Å². The fraction of sp³-hybridized carbons (Fsp3) is 1.00. The van der Waals surface area contributed by atoms with Crippen LogP contribution in [0.1, 0.15) is 0 Å². The Labute approximate surface area is 110 Å². The molecule has 0 fully saturated rings. The van der Waals surface area contributed by atoms with E-state index in [9.17, 15) is 26.3 Å². The molecule has 0 saturated carbocycles. The minimum absolute atomic E-state index is 0. The van der Waals surface area contributed by atoms with Gasteiger partial charge < -0.3 is 0 Å². The summed E-state index contributed by atoms with van der Waals surface area (Å²) in [6.07, 6.45) is 0. The molecule has 0 amide bonds. The Morgan fingerprint density at radius 2 is 0.706 bits per heavy atom. The minimum atomic E-state index is -5.84. The Balaban J connectivity index is -0.000000218. The van der Waals surface area contributed by atoms with E-state index in [1.165, 1.54) is 0 Å². The molecule has 2 N–H and O–H groups in total. The summed E-state index contributed by atoms with van der Waals surface area (Å²) in [5.74, 6) is 0. The van der Waals surface area contributed by atoms with Gasteiger partial charge >= 0.3 is 31.3 Å². The van der Waals surface area contributed by atoms with Crippen LogP contribution in [-0.2, 0) is 46.4 Å². The van der Waals surface area contributed by atoms with E-state index in [0.717, 1.165) is 0 Å². The van der Waals surface area contributed by atoms with Gasteiger partial charge in [0, 0.05) is 26.2 Å². The fourth-order valence-corrected chi connectivity index (χ4v) is 0. The molecule has 0 bridgehead atoms. The van der Waals surface area contributed by atoms with Crippen molar-refractivity contribution < 1.29 is 78.5 Å². The molecule has 0 heterocycles. The molecule has 0 radical (unpaired) electrons. The molecule has 0 aliphatic heterocycles. The summed E-state index contributed by atoms with van der Waals surface area (Å²) in [6.45, 7) is 0. The summed E-state index contributed by atoms with van der Waals surface area (Å²) in [5.41, 5.74) is -11.1. The summed E-state index contributed by atoms with van der Waals surface area (Å²) in [7, 11) is -11.7. The van der Waals surface area contributed by atoms with E-state index in [2.05, 4.69) is 0 Å². The van der Waals surface area contributed by atoms with Crippen LogP contribution in [0.3, 0.4) is 0 Å². The maximum absolute atomic E-state index is 10.7. The van der Waals surface area contributed by atoms with Gasteiger partial charge in [0.15, 0.2) is 0 Å². The van der Waals surface area contributed by atoms with Gasteiger partial charge in [0.05, 0.1) is 0 Å². The van der Waals surface area contributed by atoms with E-state index in [4.69, 9.17) is 25.9 Å². The summed E-state index contributed by atoms with van der Waals surface area (Å²) in [6, 6.07) is 0. The predicted octanol–water partition coefficient (Wildman–Crippen LogP) is 0.786. The molecule has 0 aromatic rings. The third-order valence-electron chi connectivity index (χ3n) is 0.585. The van der Waals surface area contributed by atoms with E-state index < -0.39 is 31.3 Å². The second-order valence-corrected chi connectivity index (χ2v) is 4.67. The number of hydrogen-bond donors (Lipinski definition) is 2. The molecular formula is C2H2F6O6S2Zr. The molecule has 0 atom stereocenters. The van der Waals surface area contributed by atoms with Crippen molar-refractivity contribution in [3.63, 3.8) is 0 Å². The van der Waals surface area contributed by atoms with E-state index in [1.807, 2.05) is 0 Å². The van der Waals surface area contributed by atoms with E-state index in [0.29, 0.717) is 0 Å². The van der Waals surface area contributed by atoms with Crippen molar-refractivity contribution in [1.29, 1.82) is 0 Å². The maximum Gasteiger partial charge on any atom is 0.522 e. The molecule has 0 spiro atoms. The van der Waals surface area contributed by atoms with Crippen molar-refractivity contribution in [3.8, 4) is 0 Å². The molecule has 0 aliphatic carbocycles. The Hall–Kier alpha value is 0.283. The summed E-state index contributed by atoms with van der Waals surface area (Å²) in [5, 5.41) is 0. The molecule has 0 aliphatic rings. The summed E-state index contributed by atoms with van der Waals surface area (Å²) < 4.78 is 115. The van der Waals surface area contributed by atoms with Gasteiger partial charge in [-0.05, 0) is 0 Å². The maximum atomic E-state index is 10.7. The van der Waals surface area contributed by atoms with Gasteiger partial charge in [-0.15, -0.1) is 0 Å². The van der Waals surface area contributed by atoms with Crippen molar-refractivity contribution >= 4 is 20.2 Å². The molecule has 15 heteroatoms. The minimum Gasteiger partial charge on any atom is -0.279 e.